The summed E-state index contributed by atoms with van der Waals surface area (Å²) >= 11 is 3.27. The number of fused-ring (bicyclic) bond motifs is 1. The van der Waals surface area contributed by atoms with Crippen molar-refractivity contribution >= 4 is 36.8 Å². The summed E-state index contributed by atoms with van der Waals surface area (Å²) in [7, 11) is -3.82. The molecule has 5 heteroatoms. The van der Waals surface area contributed by atoms with Gasteiger partial charge in [-0.2, -0.15) is 8.42 Å². The highest BCUT2D eigenvalue weighted by Gasteiger charge is 2.16. The fourth-order valence-electron chi connectivity index (χ4n) is 2.00. The van der Waals surface area contributed by atoms with Gasteiger partial charge in [0.15, 0.2) is 0 Å². The molecule has 0 aromatic heterocycles. The highest BCUT2D eigenvalue weighted by molar-refractivity contribution is 9.10. The molecule has 0 aliphatic rings. The molecule has 0 unspecified atom stereocenters. The van der Waals surface area contributed by atoms with Crippen molar-refractivity contribution in [3.05, 3.63) is 71.2 Å². The third-order valence-corrected chi connectivity index (χ3v) is 4.82. The second kappa shape index (κ2) is 5.50. The lowest BCUT2D eigenvalue weighted by Gasteiger charge is -2.08. The third kappa shape index (κ3) is 3.09. The zero-order valence-electron chi connectivity index (χ0n) is 10.9. The van der Waals surface area contributed by atoms with Gasteiger partial charge in [0.05, 0.1) is 0 Å². The first-order chi connectivity index (χ1) is 10.0. The van der Waals surface area contributed by atoms with Gasteiger partial charge in [-0.1, -0.05) is 46.3 Å². The molecule has 0 atom stereocenters. The number of hydrogen-bond donors (Lipinski definition) is 0. The molecule has 0 aliphatic carbocycles. The highest BCUT2D eigenvalue weighted by Crippen LogP contribution is 2.24. The van der Waals surface area contributed by atoms with Gasteiger partial charge >= 0.3 is 10.1 Å². The van der Waals surface area contributed by atoms with E-state index < -0.39 is 10.1 Å². The molecule has 0 spiro atoms. The molecule has 3 nitrogen and oxygen atoms in total. The molecule has 3 aromatic carbocycles. The van der Waals surface area contributed by atoms with Gasteiger partial charge in [0.1, 0.15) is 10.6 Å². The lowest BCUT2D eigenvalue weighted by atomic mass is 10.1. The van der Waals surface area contributed by atoms with Crippen molar-refractivity contribution < 1.29 is 12.6 Å². The van der Waals surface area contributed by atoms with Gasteiger partial charge in [-0.3, -0.25) is 0 Å². The minimum Gasteiger partial charge on any atom is -0.379 e. The average Bonchev–Trinajstić information content (AvgIpc) is 2.47. The zero-order chi connectivity index (χ0) is 14.9. The summed E-state index contributed by atoms with van der Waals surface area (Å²) in [6, 6.07) is 19.2. The van der Waals surface area contributed by atoms with Crippen LogP contribution < -0.4 is 4.18 Å². The molecule has 0 heterocycles. The third-order valence-electron chi connectivity index (χ3n) is 3.03. The lowest BCUT2D eigenvalue weighted by molar-refractivity contribution is 0.486. The molecule has 0 saturated carbocycles. The van der Waals surface area contributed by atoms with Crippen LogP contribution in [0.5, 0.6) is 5.75 Å². The molecule has 0 saturated heterocycles. The van der Waals surface area contributed by atoms with Crippen molar-refractivity contribution in [3.8, 4) is 5.75 Å². The zero-order valence-corrected chi connectivity index (χ0v) is 13.3. The van der Waals surface area contributed by atoms with E-state index in [1.165, 1.54) is 12.1 Å². The Labute approximate surface area is 131 Å². The molecule has 0 fully saturated rings. The van der Waals surface area contributed by atoms with Crippen LogP contribution in [0.3, 0.4) is 0 Å². The van der Waals surface area contributed by atoms with Crippen LogP contribution >= 0.6 is 15.9 Å². The highest BCUT2D eigenvalue weighted by atomic mass is 79.9. The minimum absolute atomic E-state index is 0.124. The van der Waals surface area contributed by atoms with Gasteiger partial charge in [-0.15, -0.1) is 0 Å². The normalized spacial score (nSPS) is 11.5. The number of hydrogen-bond acceptors (Lipinski definition) is 3. The van der Waals surface area contributed by atoms with E-state index in [1.807, 2.05) is 30.3 Å². The van der Waals surface area contributed by atoms with E-state index in [-0.39, 0.29) is 4.90 Å². The molecule has 0 amide bonds. The summed E-state index contributed by atoms with van der Waals surface area (Å²) in [5.41, 5.74) is 0. The van der Waals surface area contributed by atoms with Crippen LogP contribution in [0, 0.1) is 0 Å². The van der Waals surface area contributed by atoms with Gasteiger partial charge in [0, 0.05) is 4.47 Å². The molecule has 0 radical (unpaired) electrons. The molecule has 3 aromatic rings. The molecule has 106 valence electrons. The van der Waals surface area contributed by atoms with Crippen LogP contribution in [-0.2, 0) is 10.1 Å². The topological polar surface area (TPSA) is 43.4 Å². The Hall–Kier alpha value is -1.85. The van der Waals surface area contributed by atoms with Crippen LogP contribution in [0.2, 0.25) is 0 Å². The van der Waals surface area contributed by atoms with E-state index in [1.54, 1.807) is 24.3 Å². The van der Waals surface area contributed by atoms with Crippen LogP contribution in [0.25, 0.3) is 10.8 Å². The Morgan fingerprint density at radius 1 is 0.810 bits per heavy atom. The van der Waals surface area contributed by atoms with Crippen molar-refractivity contribution in [2.75, 3.05) is 0 Å². The van der Waals surface area contributed by atoms with E-state index in [9.17, 15) is 8.42 Å². The molecular weight excluding hydrogens is 352 g/mol. The van der Waals surface area contributed by atoms with Crippen molar-refractivity contribution in [2.45, 2.75) is 4.90 Å². The standard InChI is InChI=1S/C16H11BrO3S/c17-14-6-9-16(10-7-14)21(18,19)20-15-8-5-12-3-1-2-4-13(12)11-15/h1-11H. The number of benzene rings is 3. The maximum atomic E-state index is 12.2. The number of rotatable bonds is 3. The first-order valence-corrected chi connectivity index (χ1v) is 8.44. The first-order valence-electron chi connectivity index (χ1n) is 6.23. The van der Waals surface area contributed by atoms with E-state index in [4.69, 9.17) is 4.18 Å². The monoisotopic (exact) mass is 362 g/mol. The van der Waals surface area contributed by atoms with Gasteiger partial charge in [-0.25, -0.2) is 0 Å². The van der Waals surface area contributed by atoms with Crippen molar-refractivity contribution in [1.29, 1.82) is 0 Å². The van der Waals surface area contributed by atoms with E-state index >= 15 is 0 Å². The van der Waals surface area contributed by atoms with Gasteiger partial charge in [0.25, 0.3) is 0 Å². The molecule has 0 N–H and O–H groups in total. The van der Waals surface area contributed by atoms with Crippen LogP contribution in [0.4, 0.5) is 0 Å². The van der Waals surface area contributed by atoms with Crippen molar-refractivity contribution in [1.82, 2.24) is 0 Å². The van der Waals surface area contributed by atoms with Crippen LogP contribution in [0.1, 0.15) is 0 Å². The van der Waals surface area contributed by atoms with Crippen molar-refractivity contribution in [2.24, 2.45) is 0 Å². The van der Waals surface area contributed by atoms with Crippen LogP contribution in [-0.4, -0.2) is 8.42 Å². The number of halogens is 1. The summed E-state index contributed by atoms with van der Waals surface area (Å²) in [5, 5.41) is 1.96. The summed E-state index contributed by atoms with van der Waals surface area (Å²) < 4.78 is 30.4. The molecular formula is C16H11BrO3S. The Morgan fingerprint density at radius 3 is 2.19 bits per heavy atom. The predicted octanol–water partition coefficient (Wildman–Crippen LogP) is 4.37. The summed E-state index contributed by atoms with van der Waals surface area (Å²) in [6.45, 7) is 0. The summed E-state index contributed by atoms with van der Waals surface area (Å²) in [5.74, 6) is 0.302. The average molecular weight is 363 g/mol. The lowest BCUT2D eigenvalue weighted by Crippen LogP contribution is -2.09. The van der Waals surface area contributed by atoms with Gasteiger partial charge < -0.3 is 4.18 Å². The van der Waals surface area contributed by atoms with Crippen molar-refractivity contribution in [3.63, 3.8) is 0 Å². The Morgan fingerprint density at radius 2 is 1.48 bits per heavy atom. The molecule has 3 rings (SSSR count). The summed E-state index contributed by atoms with van der Waals surface area (Å²) in [4.78, 5) is 0.124. The smallest absolute Gasteiger partial charge is 0.339 e. The van der Waals surface area contributed by atoms with E-state index in [2.05, 4.69) is 15.9 Å². The Kier molecular flexibility index (Phi) is 3.69. The first kappa shape index (κ1) is 14.1. The minimum atomic E-state index is -3.82. The van der Waals surface area contributed by atoms with E-state index in [0.717, 1.165) is 15.2 Å². The predicted molar refractivity (Wildman–Crippen MR) is 85.9 cm³/mol. The maximum absolute atomic E-state index is 12.2. The van der Waals surface area contributed by atoms with E-state index in [0.29, 0.717) is 5.75 Å². The maximum Gasteiger partial charge on any atom is 0.339 e. The van der Waals surface area contributed by atoms with Gasteiger partial charge in [0.2, 0.25) is 0 Å². The molecule has 0 bridgehead atoms. The van der Waals surface area contributed by atoms with Crippen LogP contribution in [0.15, 0.2) is 76.1 Å². The largest absolute Gasteiger partial charge is 0.379 e. The fourth-order valence-corrected chi connectivity index (χ4v) is 3.18. The molecule has 21 heavy (non-hydrogen) atoms. The SMILES string of the molecule is O=S(=O)(Oc1ccc2ccccc2c1)c1ccc(Br)cc1. The quantitative estimate of drug-likeness (QED) is 0.649. The second-order valence-corrected chi connectivity index (χ2v) is 6.96. The van der Waals surface area contributed by atoms with Gasteiger partial charge in [-0.05, 0) is 47.2 Å². The Balaban J connectivity index is 1.95. The summed E-state index contributed by atoms with van der Waals surface area (Å²) in [6.07, 6.45) is 0. The fraction of sp³-hybridized carbons (Fsp3) is 0. The second-order valence-electron chi connectivity index (χ2n) is 4.50. The Bertz CT molecular complexity index is 887. The molecule has 0 aliphatic heterocycles.